The van der Waals surface area contributed by atoms with Crippen molar-refractivity contribution in [3.63, 3.8) is 0 Å². The second-order valence-corrected chi connectivity index (χ2v) is 9.11. The summed E-state index contributed by atoms with van der Waals surface area (Å²) in [5.41, 5.74) is 10.5. The lowest BCUT2D eigenvalue weighted by Gasteiger charge is -2.10. The van der Waals surface area contributed by atoms with Gasteiger partial charge in [0, 0.05) is 22.4 Å². The molecule has 0 bridgehead atoms. The number of fused-ring (bicyclic) bond motifs is 5. The first-order chi connectivity index (χ1) is 16.0. The molecule has 6 rings (SSSR count). The molecule has 0 aliphatic heterocycles. The largest absolute Gasteiger partial charge is 0.456 e. The molecule has 0 saturated carbocycles. The molecule has 0 aliphatic carbocycles. The first kappa shape index (κ1) is 19.8. The van der Waals surface area contributed by atoms with Crippen LogP contribution in [0, 0.1) is 20.8 Å². The summed E-state index contributed by atoms with van der Waals surface area (Å²) in [4.78, 5) is 0. The molecular formula is C31H26NO+. The molecule has 0 aliphatic rings. The first-order valence-corrected chi connectivity index (χ1v) is 11.4. The van der Waals surface area contributed by atoms with Gasteiger partial charge in [0.1, 0.15) is 18.2 Å². The van der Waals surface area contributed by atoms with Crippen LogP contribution in [0.1, 0.15) is 16.7 Å². The zero-order valence-corrected chi connectivity index (χ0v) is 19.4. The first-order valence-electron chi connectivity index (χ1n) is 11.4. The van der Waals surface area contributed by atoms with E-state index in [9.17, 15) is 0 Å². The van der Waals surface area contributed by atoms with Crippen molar-refractivity contribution >= 4 is 32.7 Å². The van der Waals surface area contributed by atoms with Crippen LogP contribution in [-0.4, -0.2) is 0 Å². The van der Waals surface area contributed by atoms with Gasteiger partial charge in [-0.1, -0.05) is 54.6 Å². The third-order valence-corrected chi connectivity index (χ3v) is 6.86. The highest BCUT2D eigenvalue weighted by Crippen LogP contribution is 2.39. The Hall–Kier alpha value is -3.91. The molecule has 2 nitrogen and oxygen atoms in total. The van der Waals surface area contributed by atoms with Crippen molar-refractivity contribution in [1.82, 2.24) is 0 Å². The van der Waals surface area contributed by atoms with Crippen LogP contribution < -0.4 is 4.57 Å². The van der Waals surface area contributed by atoms with Gasteiger partial charge < -0.3 is 4.42 Å². The molecule has 0 fully saturated rings. The monoisotopic (exact) mass is 428 g/mol. The van der Waals surface area contributed by atoms with E-state index in [0.717, 1.165) is 11.2 Å². The Kier molecular flexibility index (Phi) is 4.38. The smallest absolute Gasteiger partial charge is 0.213 e. The van der Waals surface area contributed by atoms with Gasteiger partial charge in [-0.15, -0.1) is 0 Å². The van der Waals surface area contributed by atoms with Gasteiger partial charge >= 0.3 is 0 Å². The zero-order chi connectivity index (χ0) is 22.7. The lowest BCUT2D eigenvalue weighted by Crippen LogP contribution is -2.31. The maximum Gasteiger partial charge on any atom is 0.213 e. The molecule has 2 aromatic heterocycles. The third kappa shape index (κ3) is 3.06. The minimum atomic E-state index is 0.934. The standard InChI is InChI=1S/C31H26NO/c1-19-14-27-29(33-30-15-20(2)23-12-8-9-13-24(23)31(27)30)17-26(19)28-16-25(21(3)18-32(28)4)22-10-6-5-7-11-22/h5-18H,1-4H3/q+1. The van der Waals surface area contributed by atoms with Crippen LogP contribution in [0.2, 0.25) is 0 Å². The average Bonchev–Trinajstić information content (AvgIpc) is 3.16. The van der Waals surface area contributed by atoms with Crippen LogP contribution in [0.25, 0.3) is 55.1 Å². The molecule has 0 unspecified atom stereocenters. The van der Waals surface area contributed by atoms with E-state index < -0.39 is 0 Å². The number of aryl methyl sites for hydroxylation is 4. The fourth-order valence-electron chi connectivity index (χ4n) is 5.22. The number of rotatable bonds is 2. The van der Waals surface area contributed by atoms with Crippen molar-refractivity contribution in [2.45, 2.75) is 20.8 Å². The van der Waals surface area contributed by atoms with Crippen molar-refractivity contribution in [2.75, 3.05) is 0 Å². The molecule has 0 N–H and O–H groups in total. The highest BCUT2D eigenvalue weighted by atomic mass is 16.3. The fraction of sp³-hybridized carbons (Fsp3) is 0.129. The number of hydrogen-bond acceptors (Lipinski definition) is 1. The van der Waals surface area contributed by atoms with E-state index in [1.165, 1.54) is 60.6 Å². The molecule has 0 radical (unpaired) electrons. The van der Waals surface area contributed by atoms with Crippen molar-refractivity contribution in [3.8, 4) is 22.4 Å². The van der Waals surface area contributed by atoms with Gasteiger partial charge in [0.05, 0.1) is 5.56 Å². The number of nitrogens with zero attached hydrogens (tertiary/aromatic N) is 1. The van der Waals surface area contributed by atoms with E-state index in [-0.39, 0.29) is 0 Å². The summed E-state index contributed by atoms with van der Waals surface area (Å²) in [5.74, 6) is 0. The summed E-state index contributed by atoms with van der Waals surface area (Å²) < 4.78 is 8.65. The average molecular weight is 429 g/mol. The second-order valence-electron chi connectivity index (χ2n) is 9.11. The van der Waals surface area contributed by atoms with E-state index >= 15 is 0 Å². The number of aromatic nitrogens is 1. The zero-order valence-electron chi connectivity index (χ0n) is 19.4. The summed E-state index contributed by atoms with van der Waals surface area (Å²) in [6, 6.07) is 28.2. The Balaban J connectivity index is 1.62. The Morgan fingerprint density at radius 3 is 2.12 bits per heavy atom. The molecule has 0 atom stereocenters. The normalized spacial score (nSPS) is 11.6. The minimum Gasteiger partial charge on any atom is -0.456 e. The summed E-state index contributed by atoms with van der Waals surface area (Å²) >= 11 is 0. The van der Waals surface area contributed by atoms with E-state index in [1.807, 2.05) is 0 Å². The van der Waals surface area contributed by atoms with Gasteiger partial charge in [0.15, 0.2) is 6.20 Å². The summed E-state index contributed by atoms with van der Waals surface area (Å²) in [6.07, 6.45) is 2.22. The van der Waals surface area contributed by atoms with E-state index in [2.05, 4.69) is 117 Å². The number of furan rings is 1. The molecule has 6 aromatic rings. The van der Waals surface area contributed by atoms with Crippen molar-refractivity contribution < 1.29 is 8.98 Å². The Labute approximate surface area is 193 Å². The highest BCUT2D eigenvalue weighted by molar-refractivity contribution is 6.20. The second kappa shape index (κ2) is 7.31. The molecule has 2 heteroatoms. The summed E-state index contributed by atoms with van der Waals surface area (Å²) in [6.45, 7) is 6.53. The Morgan fingerprint density at radius 1 is 0.606 bits per heavy atom. The molecule has 2 heterocycles. The third-order valence-electron chi connectivity index (χ3n) is 6.86. The predicted octanol–water partition coefficient (Wildman–Crippen LogP) is 7.82. The Bertz CT molecular complexity index is 1690. The lowest BCUT2D eigenvalue weighted by atomic mass is 9.95. The van der Waals surface area contributed by atoms with Crippen LogP contribution in [-0.2, 0) is 7.05 Å². The quantitative estimate of drug-likeness (QED) is 0.257. The fourth-order valence-corrected chi connectivity index (χ4v) is 5.22. The molecule has 0 saturated heterocycles. The number of benzene rings is 4. The van der Waals surface area contributed by atoms with Gasteiger partial charge in [-0.3, -0.25) is 0 Å². The van der Waals surface area contributed by atoms with Crippen LogP contribution in [0.4, 0.5) is 0 Å². The number of hydrogen-bond donors (Lipinski definition) is 0. The van der Waals surface area contributed by atoms with Crippen LogP contribution >= 0.6 is 0 Å². The van der Waals surface area contributed by atoms with Gasteiger partial charge in [0.25, 0.3) is 0 Å². The van der Waals surface area contributed by atoms with Gasteiger partial charge in [-0.2, -0.15) is 0 Å². The van der Waals surface area contributed by atoms with Crippen molar-refractivity contribution in [2.24, 2.45) is 7.05 Å². The maximum absolute atomic E-state index is 6.43. The van der Waals surface area contributed by atoms with E-state index in [1.54, 1.807) is 0 Å². The lowest BCUT2D eigenvalue weighted by molar-refractivity contribution is -0.660. The predicted molar refractivity (Wildman–Crippen MR) is 137 cm³/mol. The minimum absolute atomic E-state index is 0.934. The van der Waals surface area contributed by atoms with Crippen LogP contribution in [0.15, 0.2) is 89.5 Å². The maximum atomic E-state index is 6.43. The van der Waals surface area contributed by atoms with Crippen LogP contribution in [0.3, 0.4) is 0 Å². The Morgan fingerprint density at radius 2 is 1.33 bits per heavy atom. The number of pyridine rings is 1. The van der Waals surface area contributed by atoms with Gasteiger partial charge in [-0.05, 0) is 72.0 Å². The van der Waals surface area contributed by atoms with E-state index in [4.69, 9.17) is 4.42 Å². The topological polar surface area (TPSA) is 17.0 Å². The molecule has 160 valence electrons. The van der Waals surface area contributed by atoms with Crippen molar-refractivity contribution in [1.29, 1.82) is 0 Å². The molecule has 4 aromatic carbocycles. The SMILES string of the molecule is Cc1c[n+](C)c(-c2cc3oc4cc(C)c5ccccc5c4c3cc2C)cc1-c1ccccc1. The molecule has 0 amide bonds. The molecule has 33 heavy (non-hydrogen) atoms. The molecule has 0 spiro atoms. The summed E-state index contributed by atoms with van der Waals surface area (Å²) in [7, 11) is 2.12. The van der Waals surface area contributed by atoms with Gasteiger partial charge in [-0.25, -0.2) is 4.57 Å². The summed E-state index contributed by atoms with van der Waals surface area (Å²) in [5, 5.41) is 4.93. The molecular weight excluding hydrogens is 402 g/mol. The van der Waals surface area contributed by atoms with E-state index in [0.29, 0.717) is 0 Å². The highest BCUT2D eigenvalue weighted by Gasteiger charge is 2.20. The van der Waals surface area contributed by atoms with Crippen molar-refractivity contribution in [3.05, 3.63) is 102 Å². The van der Waals surface area contributed by atoms with Gasteiger partial charge in [0.2, 0.25) is 5.69 Å². The van der Waals surface area contributed by atoms with Crippen LogP contribution in [0.5, 0.6) is 0 Å².